The maximum atomic E-state index is 11.7. The lowest BCUT2D eigenvalue weighted by Gasteiger charge is -2.20. The lowest BCUT2D eigenvalue weighted by molar-refractivity contribution is -0.125. The van der Waals surface area contributed by atoms with E-state index in [1.807, 2.05) is 20.8 Å². The first kappa shape index (κ1) is 11.0. The maximum Gasteiger partial charge on any atom is 0.327 e. The molecule has 1 heterocycles. The van der Waals surface area contributed by atoms with Gasteiger partial charge in [-0.15, -0.1) is 0 Å². The fourth-order valence-corrected chi connectivity index (χ4v) is 1.50. The highest BCUT2D eigenvalue weighted by atomic mass is 16.2. The van der Waals surface area contributed by atoms with E-state index in [1.54, 1.807) is 4.90 Å². The predicted octanol–water partition coefficient (Wildman–Crippen LogP) is 1.46. The van der Waals surface area contributed by atoms with Crippen LogP contribution < -0.4 is 0 Å². The fourth-order valence-electron chi connectivity index (χ4n) is 1.50. The van der Waals surface area contributed by atoms with Crippen LogP contribution in [0.15, 0.2) is 0 Å². The van der Waals surface area contributed by atoms with Crippen LogP contribution in [-0.2, 0) is 4.79 Å². The minimum atomic E-state index is -0.126. The summed E-state index contributed by atoms with van der Waals surface area (Å²) in [4.78, 5) is 26.1. The van der Waals surface area contributed by atoms with Crippen molar-refractivity contribution in [2.75, 3.05) is 13.1 Å². The van der Waals surface area contributed by atoms with E-state index in [-0.39, 0.29) is 24.5 Å². The molecule has 4 nitrogen and oxygen atoms in total. The molecule has 0 N–H and O–H groups in total. The standard InChI is InChI=1S/C10H18N2O2/c1-4-5-6-11-9(13)7-12(8(2)3)10(11)14/h8H,4-7H2,1-3H3. The highest BCUT2D eigenvalue weighted by Crippen LogP contribution is 2.14. The normalized spacial score (nSPS) is 17.4. The van der Waals surface area contributed by atoms with E-state index in [9.17, 15) is 9.59 Å². The van der Waals surface area contributed by atoms with E-state index < -0.39 is 0 Å². The molecule has 0 aliphatic carbocycles. The van der Waals surface area contributed by atoms with Gasteiger partial charge in [0.05, 0.1) is 0 Å². The third kappa shape index (κ3) is 2.05. The maximum absolute atomic E-state index is 11.7. The smallest absolute Gasteiger partial charge is 0.313 e. The molecule has 4 heteroatoms. The van der Waals surface area contributed by atoms with Crippen molar-refractivity contribution in [1.29, 1.82) is 0 Å². The second kappa shape index (κ2) is 4.44. The van der Waals surface area contributed by atoms with Gasteiger partial charge < -0.3 is 4.90 Å². The minimum Gasteiger partial charge on any atom is -0.313 e. The second-order valence-corrected chi connectivity index (χ2v) is 3.90. The molecule has 1 rings (SSSR count). The van der Waals surface area contributed by atoms with Crippen LogP contribution in [0.2, 0.25) is 0 Å². The van der Waals surface area contributed by atoms with Crippen LogP contribution >= 0.6 is 0 Å². The van der Waals surface area contributed by atoms with Crippen molar-refractivity contribution < 1.29 is 9.59 Å². The molecule has 3 amide bonds. The lowest BCUT2D eigenvalue weighted by Crippen LogP contribution is -2.36. The van der Waals surface area contributed by atoms with Gasteiger partial charge in [0, 0.05) is 12.6 Å². The van der Waals surface area contributed by atoms with E-state index in [0.717, 1.165) is 12.8 Å². The average molecular weight is 198 g/mol. The van der Waals surface area contributed by atoms with Crippen LogP contribution in [0.4, 0.5) is 4.79 Å². The molecule has 1 fully saturated rings. The molecule has 1 saturated heterocycles. The third-order valence-electron chi connectivity index (χ3n) is 2.44. The minimum absolute atomic E-state index is 0.0582. The quantitative estimate of drug-likeness (QED) is 0.642. The van der Waals surface area contributed by atoms with Gasteiger partial charge in [-0.05, 0) is 20.3 Å². The van der Waals surface area contributed by atoms with Crippen molar-refractivity contribution in [3.63, 3.8) is 0 Å². The number of rotatable bonds is 4. The molecule has 0 unspecified atom stereocenters. The van der Waals surface area contributed by atoms with E-state index in [4.69, 9.17) is 0 Å². The van der Waals surface area contributed by atoms with Gasteiger partial charge in [-0.3, -0.25) is 9.69 Å². The average Bonchev–Trinajstić information content (AvgIpc) is 2.40. The van der Waals surface area contributed by atoms with E-state index in [0.29, 0.717) is 6.54 Å². The van der Waals surface area contributed by atoms with Gasteiger partial charge in [-0.2, -0.15) is 0 Å². The number of imide groups is 1. The van der Waals surface area contributed by atoms with Crippen molar-refractivity contribution in [3.8, 4) is 0 Å². The summed E-state index contributed by atoms with van der Waals surface area (Å²) in [7, 11) is 0. The lowest BCUT2D eigenvalue weighted by atomic mass is 10.3. The Kier molecular flexibility index (Phi) is 3.49. The Balaban J connectivity index is 2.61. The Labute approximate surface area is 84.9 Å². The molecule has 1 aliphatic heterocycles. The number of amides is 3. The molecule has 0 bridgehead atoms. The van der Waals surface area contributed by atoms with Crippen molar-refractivity contribution in [2.24, 2.45) is 0 Å². The van der Waals surface area contributed by atoms with Crippen LogP contribution in [0, 0.1) is 0 Å². The van der Waals surface area contributed by atoms with Gasteiger partial charge in [0.25, 0.3) is 0 Å². The summed E-state index contributed by atoms with van der Waals surface area (Å²) >= 11 is 0. The zero-order chi connectivity index (χ0) is 10.7. The van der Waals surface area contributed by atoms with E-state index in [1.165, 1.54) is 4.90 Å². The molecule has 0 aromatic heterocycles. The van der Waals surface area contributed by atoms with Gasteiger partial charge in [0.15, 0.2) is 0 Å². The highest BCUT2D eigenvalue weighted by molar-refractivity contribution is 6.02. The molecular weight excluding hydrogens is 180 g/mol. The molecule has 0 saturated carbocycles. The SMILES string of the molecule is CCCCN1C(=O)CN(C(C)C)C1=O. The summed E-state index contributed by atoms with van der Waals surface area (Å²) in [6.45, 7) is 6.71. The van der Waals surface area contributed by atoms with Crippen LogP contribution in [0.3, 0.4) is 0 Å². The van der Waals surface area contributed by atoms with Gasteiger partial charge in [0.1, 0.15) is 6.54 Å². The van der Waals surface area contributed by atoms with Crippen LogP contribution in [-0.4, -0.2) is 40.9 Å². The fraction of sp³-hybridized carbons (Fsp3) is 0.800. The summed E-state index contributed by atoms with van der Waals surface area (Å²) in [5, 5.41) is 0. The molecule has 1 aliphatic rings. The topological polar surface area (TPSA) is 40.6 Å². The first-order chi connectivity index (χ1) is 6.57. The Morgan fingerprint density at radius 2 is 2.00 bits per heavy atom. The molecule has 80 valence electrons. The Morgan fingerprint density at radius 3 is 2.43 bits per heavy atom. The Hall–Kier alpha value is -1.06. The number of hydrogen-bond acceptors (Lipinski definition) is 2. The first-order valence-corrected chi connectivity index (χ1v) is 5.19. The zero-order valence-corrected chi connectivity index (χ0v) is 9.12. The number of carbonyl (C=O) groups excluding carboxylic acids is 2. The molecule has 14 heavy (non-hydrogen) atoms. The van der Waals surface area contributed by atoms with Crippen LogP contribution in [0.5, 0.6) is 0 Å². The molecule has 0 spiro atoms. The van der Waals surface area contributed by atoms with Gasteiger partial charge in [-0.1, -0.05) is 13.3 Å². The Morgan fingerprint density at radius 1 is 1.36 bits per heavy atom. The Bertz CT molecular complexity index is 238. The van der Waals surface area contributed by atoms with Crippen LogP contribution in [0.25, 0.3) is 0 Å². The van der Waals surface area contributed by atoms with Crippen molar-refractivity contribution in [1.82, 2.24) is 9.80 Å². The first-order valence-electron chi connectivity index (χ1n) is 5.19. The van der Waals surface area contributed by atoms with Crippen molar-refractivity contribution in [2.45, 2.75) is 39.7 Å². The predicted molar refractivity (Wildman–Crippen MR) is 53.9 cm³/mol. The van der Waals surface area contributed by atoms with Crippen molar-refractivity contribution in [3.05, 3.63) is 0 Å². The van der Waals surface area contributed by atoms with Gasteiger partial charge in [-0.25, -0.2) is 4.79 Å². The largest absolute Gasteiger partial charge is 0.327 e. The molecule has 0 aromatic rings. The highest BCUT2D eigenvalue weighted by Gasteiger charge is 2.36. The zero-order valence-electron chi connectivity index (χ0n) is 9.12. The van der Waals surface area contributed by atoms with E-state index >= 15 is 0 Å². The summed E-state index contributed by atoms with van der Waals surface area (Å²) in [6.07, 6.45) is 1.89. The molecule has 0 radical (unpaired) electrons. The van der Waals surface area contributed by atoms with Gasteiger partial charge in [0.2, 0.25) is 5.91 Å². The summed E-state index contributed by atoms with van der Waals surface area (Å²) in [5.74, 6) is -0.0582. The summed E-state index contributed by atoms with van der Waals surface area (Å²) in [5.41, 5.74) is 0. The summed E-state index contributed by atoms with van der Waals surface area (Å²) < 4.78 is 0. The number of urea groups is 1. The van der Waals surface area contributed by atoms with Crippen molar-refractivity contribution >= 4 is 11.9 Å². The molecule has 0 atom stereocenters. The second-order valence-electron chi connectivity index (χ2n) is 3.90. The number of unbranched alkanes of at least 4 members (excludes halogenated alkanes) is 1. The monoisotopic (exact) mass is 198 g/mol. The number of nitrogens with zero attached hydrogens (tertiary/aromatic N) is 2. The summed E-state index contributed by atoms with van der Waals surface area (Å²) in [6, 6.07) is -0.0171. The van der Waals surface area contributed by atoms with Gasteiger partial charge >= 0.3 is 6.03 Å². The number of hydrogen-bond donors (Lipinski definition) is 0. The number of carbonyl (C=O) groups is 2. The van der Waals surface area contributed by atoms with Crippen LogP contribution in [0.1, 0.15) is 33.6 Å². The molecular formula is C10H18N2O2. The third-order valence-corrected chi connectivity index (χ3v) is 2.44. The van der Waals surface area contributed by atoms with E-state index in [2.05, 4.69) is 0 Å². The molecule has 0 aromatic carbocycles.